The van der Waals surface area contributed by atoms with Gasteiger partial charge in [0.25, 0.3) is 0 Å². The zero-order valence-corrected chi connectivity index (χ0v) is 20.5. The molecule has 0 unspecified atom stereocenters. The number of ether oxygens (including phenoxy) is 2. The Morgan fingerprint density at radius 3 is 2.40 bits per heavy atom. The number of carbonyl (C=O) groups excluding carboxylic acids is 1. The number of benzene rings is 2. The Hall–Kier alpha value is -3.59. The highest BCUT2D eigenvalue weighted by atomic mass is 16.5. The number of likely N-dealkylation sites (tertiary alicyclic amines) is 1. The van der Waals surface area contributed by atoms with Gasteiger partial charge in [-0.3, -0.25) is 4.79 Å². The van der Waals surface area contributed by atoms with E-state index in [4.69, 9.17) is 25.3 Å². The molecule has 2 heterocycles. The number of rotatable bonds is 8. The maximum atomic E-state index is 12.4. The lowest BCUT2D eigenvalue weighted by Crippen LogP contribution is -2.50. The molecule has 35 heavy (non-hydrogen) atoms. The van der Waals surface area contributed by atoms with Crippen LogP contribution in [0.25, 0.3) is 10.9 Å². The predicted molar refractivity (Wildman–Crippen MR) is 136 cm³/mol. The van der Waals surface area contributed by atoms with Gasteiger partial charge in [0.15, 0.2) is 11.5 Å². The topological polar surface area (TPSA) is 114 Å². The molecule has 4 rings (SSSR count). The van der Waals surface area contributed by atoms with E-state index in [1.54, 1.807) is 20.3 Å². The lowest BCUT2D eigenvalue weighted by molar-refractivity contribution is -0.133. The number of hydrogen-bond acceptors (Lipinski definition) is 8. The molecule has 0 saturated carbocycles. The van der Waals surface area contributed by atoms with Crippen LogP contribution in [0.1, 0.15) is 24.8 Å². The van der Waals surface area contributed by atoms with E-state index in [1.807, 2.05) is 41.1 Å². The first-order valence-corrected chi connectivity index (χ1v) is 11.8. The summed E-state index contributed by atoms with van der Waals surface area (Å²) in [6.45, 7) is 1.81. The number of likely N-dealkylation sites (N-methyl/N-ethyl adjacent to an activating group) is 1. The van der Waals surface area contributed by atoms with Gasteiger partial charge < -0.3 is 30.1 Å². The number of hydrogen-bond donors (Lipinski definition) is 2. The van der Waals surface area contributed by atoms with Crippen molar-refractivity contribution >= 4 is 28.6 Å². The van der Waals surface area contributed by atoms with Gasteiger partial charge in [-0.1, -0.05) is 30.3 Å². The van der Waals surface area contributed by atoms with Crippen LogP contribution in [-0.2, 0) is 10.2 Å². The van der Waals surface area contributed by atoms with Crippen LogP contribution >= 0.6 is 0 Å². The fraction of sp³-hybridized carbons (Fsp3) is 0.423. The van der Waals surface area contributed by atoms with Gasteiger partial charge >= 0.3 is 0 Å². The van der Waals surface area contributed by atoms with Crippen LogP contribution in [0.15, 0.2) is 42.5 Å². The zero-order valence-electron chi connectivity index (χ0n) is 20.5. The molecule has 9 heteroatoms. The lowest BCUT2D eigenvalue weighted by atomic mass is 9.72. The summed E-state index contributed by atoms with van der Waals surface area (Å²) in [5.41, 5.74) is 8.04. The molecule has 0 atom stereocenters. The third-order valence-corrected chi connectivity index (χ3v) is 6.89. The second-order valence-corrected chi connectivity index (χ2v) is 8.99. The van der Waals surface area contributed by atoms with E-state index in [0.29, 0.717) is 53.8 Å². The normalized spacial score (nSPS) is 15.1. The molecule has 0 bridgehead atoms. The molecule has 0 aliphatic carbocycles. The summed E-state index contributed by atoms with van der Waals surface area (Å²) in [6, 6.07) is 14.0. The summed E-state index contributed by atoms with van der Waals surface area (Å²) in [4.78, 5) is 25.6. The number of aliphatic hydroxyl groups excluding tert-OH is 1. The molecule has 0 radical (unpaired) electrons. The molecule has 1 aromatic heterocycles. The van der Waals surface area contributed by atoms with Gasteiger partial charge in [0.1, 0.15) is 5.82 Å². The molecule has 9 nitrogen and oxygen atoms in total. The van der Waals surface area contributed by atoms with E-state index in [0.717, 1.165) is 12.8 Å². The van der Waals surface area contributed by atoms with Crippen LogP contribution in [0.4, 0.5) is 11.8 Å². The molecule has 1 fully saturated rings. The molecule has 3 aromatic rings. The number of fused-ring (bicyclic) bond motifs is 1. The third-order valence-electron chi connectivity index (χ3n) is 6.89. The van der Waals surface area contributed by atoms with Gasteiger partial charge in [0, 0.05) is 50.0 Å². The van der Waals surface area contributed by atoms with E-state index < -0.39 is 0 Å². The smallest absolute Gasteiger partial charge is 0.227 e. The fourth-order valence-corrected chi connectivity index (χ4v) is 4.93. The Balaban J connectivity index is 1.64. The van der Waals surface area contributed by atoms with E-state index in [2.05, 4.69) is 17.1 Å². The maximum absolute atomic E-state index is 12.4. The number of carbonyl (C=O) groups is 1. The van der Waals surface area contributed by atoms with Crippen molar-refractivity contribution < 1.29 is 19.4 Å². The fourth-order valence-electron chi connectivity index (χ4n) is 4.93. The first-order valence-electron chi connectivity index (χ1n) is 11.8. The molecule has 2 aromatic carbocycles. The molecule has 3 N–H and O–H groups in total. The first kappa shape index (κ1) is 24.5. The highest BCUT2D eigenvalue weighted by molar-refractivity contribution is 5.91. The molecule has 1 aliphatic rings. The second-order valence-electron chi connectivity index (χ2n) is 8.99. The Bertz CT molecular complexity index is 1180. The van der Waals surface area contributed by atoms with Gasteiger partial charge in [-0.2, -0.15) is 4.98 Å². The summed E-state index contributed by atoms with van der Waals surface area (Å²) >= 11 is 0. The number of methoxy groups -OCH3 is 2. The van der Waals surface area contributed by atoms with Gasteiger partial charge in [-0.05, 0) is 24.5 Å². The van der Waals surface area contributed by atoms with Crippen molar-refractivity contribution in [1.29, 1.82) is 0 Å². The Morgan fingerprint density at radius 2 is 1.77 bits per heavy atom. The van der Waals surface area contributed by atoms with Crippen LogP contribution in [-0.4, -0.2) is 73.4 Å². The maximum Gasteiger partial charge on any atom is 0.227 e. The largest absolute Gasteiger partial charge is 0.493 e. The number of nitrogens with two attached hydrogens (primary N) is 1. The van der Waals surface area contributed by atoms with E-state index >= 15 is 0 Å². The van der Waals surface area contributed by atoms with Gasteiger partial charge in [0.05, 0.1) is 26.3 Å². The second kappa shape index (κ2) is 10.4. The van der Waals surface area contributed by atoms with Crippen molar-refractivity contribution in [3.8, 4) is 11.5 Å². The third kappa shape index (κ3) is 4.95. The van der Waals surface area contributed by atoms with Crippen LogP contribution in [0.2, 0.25) is 0 Å². The van der Waals surface area contributed by atoms with Gasteiger partial charge in [-0.25, -0.2) is 4.98 Å². The molecular formula is C26H33N5O4. The van der Waals surface area contributed by atoms with Crippen LogP contribution < -0.4 is 20.1 Å². The summed E-state index contributed by atoms with van der Waals surface area (Å²) in [6.07, 6.45) is 1.76. The van der Waals surface area contributed by atoms with E-state index in [9.17, 15) is 4.79 Å². The van der Waals surface area contributed by atoms with E-state index in [-0.39, 0.29) is 24.3 Å². The number of nitrogens with zero attached hydrogens (tertiary/aromatic N) is 4. The molecule has 1 saturated heterocycles. The minimum Gasteiger partial charge on any atom is -0.493 e. The summed E-state index contributed by atoms with van der Waals surface area (Å²) < 4.78 is 10.8. The number of aromatic nitrogens is 2. The number of anilines is 2. The Kier molecular flexibility index (Phi) is 7.25. The van der Waals surface area contributed by atoms with Crippen molar-refractivity contribution in [1.82, 2.24) is 14.9 Å². The number of amides is 1. The SMILES string of the molecule is COc1cc2nc(N(C)CC3(c4ccccc4)CCN(C(=O)CCO)CC3)nc(N)c2cc1OC. The predicted octanol–water partition coefficient (Wildman–Crippen LogP) is 2.61. The minimum atomic E-state index is -0.184. The summed E-state index contributed by atoms with van der Waals surface area (Å²) in [5, 5.41) is 9.86. The number of piperidine rings is 1. The average Bonchev–Trinajstić information content (AvgIpc) is 2.88. The lowest BCUT2D eigenvalue weighted by Gasteiger charge is -2.44. The van der Waals surface area contributed by atoms with Crippen molar-refractivity contribution in [2.24, 2.45) is 0 Å². The monoisotopic (exact) mass is 479 g/mol. The standard InChI is InChI=1S/C26H33N5O4/c1-30(25-28-20-16-22(35-3)21(34-2)15-19(20)24(27)29-25)17-26(18-7-5-4-6-8-18)10-12-31(13-11-26)23(33)9-14-32/h4-8,15-16,32H,9-14,17H2,1-3H3,(H2,27,28,29). The van der Waals surface area contributed by atoms with Gasteiger partial charge in [-0.15, -0.1) is 0 Å². The Labute approximate surface area is 205 Å². The molecule has 186 valence electrons. The molecular weight excluding hydrogens is 446 g/mol. The van der Waals surface area contributed by atoms with Crippen molar-refractivity contribution in [2.75, 3.05) is 58.1 Å². The van der Waals surface area contributed by atoms with Gasteiger partial charge in [0.2, 0.25) is 11.9 Å². The van der Waals surface area contributed by atoms with Crippen LogP contribution in [0.3, 0.4) is 0 Å². The van der Waals surface area contributed by atoms with Crippen molar-refractivity contribution in [2.45, 2.75) is 24.7 Å². The van der Waals surface area contributed by atoms with E-state index in [1.165, 1.54) is 5.56 Å². The highest BCUT2D eigenvalue weighted by Gasteiger charge is 2.38. The van der Waals surface area contributed by atoms with Crippen molar-refractivity contribution in [3.63, 3.8) is 0 Å². The quantitative estimate of drug-likeness (QED) is 0.507. The average molecular weight is 480 g/mol. The van der Waals surface area contributed by atoms with Crippen LogP contribution in [0.5, 0.6) is 11.5 Å². The molecule has 1 amide bonds. The minimum absolute atomic E-state index is 0.00229. The Morgan fingerprint density at radius 1 is 1.11 bits per heavy atom. The highest BCUT2D eigenvalue weighted by Crippen LogP contribution is 2.38. The molecule has 1 aliphatic heterocycles. The van der Waals surface area contributed by atoms with Crippen molar-refractivity contribution in [3.05, 3.63) is 48.0 Å². The zero-order chi connectivity index (χ0) is 25.0. The first-order chi connectivity index (χ1) is 16.9. The summed E-state index contributed by atoms with van der Waals surface area (Å²) in [5.74, 6) is 2.04. The van der Waals surface area contributed by atoms with Crippen LogP contribution in [0, 0.1) is 0 Å². The number of aliphatic hydroxyl groups is 1. The summed E-state index contributed by atoms with van der Waals surface area (Å²) in [7, 11) is 5.13. The molecule has 0 spiro atoms. The number of nitrogen functional groups attached to an aromatic ring is 1.